The highest BCUT2D eigenvalue weighted by molar-refractivity contribution is 5.95. The van der Waals surface area contributed by atoms with E-state index >= 15 is 0 Å². The molecule has 0 aliphatic carbocycles. The largest absolute Gasteiger partial charge is 0.365 e. The summed E-state index contributed by atoms with van der Waals surface area (Å²) in [5, 5.41) is 19.6. The summed E-state index contributed by atoms with van der Waals surface area (Å²) in [5.74, 6) is 0.0497. The molecule has 9 heteroatoms. The lowest BCUT2D eigenvalue weighted by Crippen LogP contribution is -2.27. The molecule has 2 aromatic heterocycles. The van der Waals surface area contributed by atoms with Crippen molar-refractivity contribution < 1.29 is 14.8 Å². The van der Waals surface area contributed by atoms with Crippen LogP contribution in [0.3, 0.4) is 0 Å². The van der Waals surface area contributed by atoms with Gasteiger partial charge in [-0.15, -0.1) is 5.10 Å². The Morgan fingerprint density at radius 2 is 1.89 bits per heavy atom. The van der Waals surface area contributed by atoms with E-state index in [9.17, 15) is 9.59 Å². The number of carbonyl (C=O) groups excluding carboxylic acids is 2. The number of imidazole rings is 1. The number of aryl methyl sites for hydroxylation is 1. The van der Waals surface area contributed by atoms with Crippen LogP contribution in [-0.4, -0.2) is 31.6 Å². The Bertz CT molecular complexity index is 1480. The molecule has 190 valence electrons. The predicted molar refractivity (Wildman–Crippen MR) is 144 cm³/mol. The van der Waals surface area contributed by atoms with Crippen LogP contribution in [0.2, 0.25) is 0 Å². The first-order valence-corrected chi connectivity index (χ1v) is 11.9. The zero-order valence-electron chi connectivity index (χ0n) is 21.2. The maximum Gasteiger partial charge on any atom is 0.267 e. The maximum atomic E-state index is 12.5. The van der Waals surface area contributed by atoms with Gasteiger partial charge in [0, 0.05) is 29.3 Å². The molecule has 0 fully saturated rings. The second-order valence-corrected chi connectivity index (χ2v) is 9.79. The van der Waals surface area contributed by atoms with Crippen molar-refractivity contribution >= 4 is 35.0 Å². The lowest BCUT2D eigenvalue weighted by molar-refractivity contribution is -0.124. The van der Waals surface area contributed by atoms with Crippen LogP contribution in [0.15, 0.2) is 66.9 Å². The van der Waals surface area contributed by atoms with Crippen molar-refractivity contribution in [1.29, 1.82) is 0 Å². The van der Waals surface area contributed by atoms with E-state index < -0.39 is 11.3 Å². The van der Waals surface area contributed by atoms with Crippen LogP contribution in [0.25, 0.3) is 23.0 Å². The van der Waals surface area contributed by atoms with E-state index in [0.29, 0.717) is 18.0 Å². The number of hydrogen-bond acceptors (Lipinski definition) is 6. The van der Waals surface area contributed by atoms with E-state index in [2.05, 4.69) is 15.7 Å². The number of rotatable bonds is 7. The summed E-state index contributed by atoms with van der Waals surface area (Å²) in [6, 6.07) is 17.3. The van der Waals surface area contributed by atoms with Gasteiger partial charge in [-0.2, -0.15) is 0 Å². The van der Waals surface area contributed by atoms with Gasteiger partial charge in [-0.25, -0.2) is 15.0 Å². The third-order valence-corrected chi connectivity index (χ3v) is 5.74. The molecule has 4 rings (SSSR count). The van der Waals surface area contributed by atoms with E-state index in [-0.39, 0.29) is 5.91 Å². The number of hydrogen-bond donors (Lipinski definition) is 4. The van der Waals surface area contributed by atoms with E-state index in [1.165, 1.54) is 6.08 Å². The molecule has 0 radical (unpaired) electrons. The molecule has 0 spiro atoms. The molecule has 9 nitrogen and oxygen atoms in total. The summed E-state index contributed by atoms with van der Waals surface area (Å²) in [7, 11) is 0. The van der Waals surface area contributed by atoms with Crippen molar-refractivity contribution in [2.45, 2.75) is 34.2 Å². The quantitative estimate of drug-likeness (QED) is 0.165. The Morgan fingerprint density at radius 1 is 1.08 bits per heavy atom. The topological polar surface area (TPSA) is 121 Å². The summed E-state index contributed by atoms with van der Waals surface area (Å²) in [6.07, 6.45) is 4.74. The minimum atomic E-state index is -0.586. The lowest BCUT2D eigenvalue weighted by atomic mass is 9.95. The predicted octanol–water partition coefficient (Wildman–Crippen LogP) is 4.82. The second kappa shape index (κ2) is 10.6. The maximum absolute atomic E-state index is 12.5. The minimum absolute atomic E-state index is 0.0441. The molecule has 0 atom stereocenters. The average Bonchev–Trinajstić information content (AvgIpc) is 3.30. The fraction of sp³-hybridized carbons (Fsp3) is 0.214. The Morgan fingerprint density at radius 3 is 2.65 bits per heavy atom. The number of carbonyl (C=O) groups is 2. The molecule has 2 heterocycles. The molecule has 0 saturated carbocycles. The monoisotopic (exact) mass is 498 g/mol. The zero-order valence-corrected chi connectivity index (χ0v) is 21.2. The molecule has 0 unspecified atom stereocenters. The van der Waals surface area contributed by atoms with Crippen LogP contribution in [0.4, 0.5) is 11.5 Å². The molecular formula is C28H30N6O3. The number of fused-ring (bicyclic) bond motifs is 1. The number of nitrogens with zero attached hydrogens (tertiary/aromatic N) is 3. The van der Waals surface area contributed by atoms with Crippen molar-refractivity contribution in [2.24, 2.45) is 5.41 Å². The highest BCUT2D eigenvalue weighted by Crippen LogP contribution is 2.27. The molecule has 4 N–H and O–H groups in total. The smallest absolute Gasteiger partial charge is 0.267 e. The van der Waals surface area contributed by atoms with Gasteiger partial charge in [-0.05, 0) is 54.0 Å². The van der Waals surface area contributed by atoms with Crippen molar-refractivity contribution in [3.05, 3.63) is 83.6 Å². The fourth-order valence-electron chi connectivity index (χ4n) is 3.55. The number of hydroxylamine groups is 1. The molecule has 4 aromatic rings. The molecule has 0 aliphatic rings. The number of amides is 2. The fourth-order valence-corrected chi connectivity index (χ4v) is 3.55. The molecule has 0 saturated heterocycles. The SMILES string of the molecule is Cc1ccc(-c2cn3nc(NCc4cccc(C=CC(=O)NO)c4)ccc3n2)cc1NC(=O)C(C)(C)C. The second-order valence-electron chi connectivity index (χ2n) is 9.79. The van der Waals surface area contributed by atoms with Crippen LogP contribution in [0, 0.1) is 12.3 Å². The van der Waals surface area contributed by atoms with Crippen molar-refractivity contribution in [2.75, 3.05) is 10.6 Å². The first kappa shape index (κ1) is 25.6. The van der Waals surface area contributed by atoms with Crippen LogP contribution in [0.5, 0.6) is 0 Å². The Kier molecular flexibility index (Phi) is 7.35. The highest BCUT2D eigenvalue weighted by Gasteiger charge is 2.22. The highest BCUT2D eigenvalue weighted by atomic mass is 16.5. The van der Waals surface area contributed by atoms with Crippen LogP contribution in [-0.2, 0) is 16.1 Å². The first-order valence-electron chi connectivity index (χ1n) is 11.9. The lowest BCUT2D eigenvalue weighted by Gasteiger charge is -2.19. The molecule has 2 aromatic carbocycles. The first-order chi connectivity index (χ1) is 17.6. The van der Waals surface area contributed by atoms with Gasteiger partial charge in [-0.3, -0.25) is 14.8 Å². The average molecular weight is 499 g/mol. The van der Waals surface area contributed by atoms with E-state index in [1.54, 1.807) is 16.1 Å². The Balaban J connectivity index is 1.50. The Labute approximate surface area is 215 Å². The van der Waals surface area contributed by atoms with Gasteiger partial charge in [0.15, 0.2) is 5.65 Å². The van der Waals surface area contributed by atoms with Gasteiger partial charge in [0.05, 0.1) is 11.9 Å². The van der Waals surface area contributed by atoms with Gasteiger partial charge in [0.25, 0.3) is 5.91 Å². The summed E-state index contributed by atoms with van der Waals surface area (Å²) < 4.78 is 1.72. The van der Waals surface area contributed by atoms with Crippen molar-refractivity contribution in [1.82, 2.24) is 20.1 Å². The third-order valence-electron chi connectivity index (χ3n) is 5.74. The molecule has 2 amide bonds. The van der Waals surface area contributed by atoms with Gasteiger partial charge in [0.1, 0.15) is 5.82 Å². The normalized spacial score (nSPS) is 11.6. The van der Waals surface area contributed by atoms with E-state index in [0.717, 1.165) is 33.6 Å². The van der Waals surface area contributed by atoms with Gasteiger partial charge in [-0.1, -0.05) is 51.1 Å². The van der Waals surface area contributed by atoms with Crippen LogP contribution in [0.1, 0.15) is 37.5 Å². The zero-order chi connectivity index (χ0) is 26.6. The van der Waals surface area contributed by atoms with Gasteiger partial charge in [0.2, 0.25) is 5.91 Å². The summed E-state index contributed by atoms with van der Waals surface area (Å²) in [4.78, 5) is 28.4. The molecule has 0 aliphatic heterocycles. The summed E-state index contributed by atoms with van der Waals surface area (Å²) in [6.45, 7) is 8.14. The number of anilines is 2. The standard InChI is InChI=1S/C28H30N6O3/c1-18-8-10-21(15-22(18)31-27(36)28(2,3)4)23-17-34-25(30-23)12-11-24(32-34)29-16-20-7-5-6-19(14-20)9-13-26(35)33-37/h5-15,17,37H,16H2,1-4H3,(H,29,32)(H,31,36)(H,33,35). The summed E-state index contributed by atoms with van der Waals surface area (Å²) >= 11 is 0. The van der Waals surface area contributed by atoms with Crippen molar-refractivity contribution in [3.63, 3.8) is 0 Å². The van der Waals surface area contributed by atoms with E-state index in [4.69, 9.17) is 10.2 Å². The summed E-state index contributed by atoms with van der Waals surface area (Å²) in [5.41, 5.74) is 7.00. The van der Waals surface area contributed by atoms with Gasteiger partial charge < -0.3 is 10.6 Å². The molecule has 37 heavy (non-hydrogen) atoms. The minimum Gasteiger partial charge on any atom is -0.365 e. The van der Waals surface area contributed by atoms with Crippen molar-refractivity contribution in [3.8, 4) is 11.3 Å². The molecular weight excluding hydrogens is 468 g/mol. The Hall–Kier alpha value is -4.50. The van der Waals surface area contributed by atoms with Gasteiger partial charge >= 0.3 is 0 Å². The van der Waals surface area contributed by atoms with E-state index in [1.807, 2.05) is 88.5 Å². The molecule has 0 bridgehead atoms. The third kappa shape index (κ3) is 6.39. The number of benzene rings is 2. The van der Waals surface area contributed by atoms with Crippen LogP contribution < -0.4 is 16.1 Å². The number of nitrogens with one attached hydrogen (secondary N) is 3. The van der Waals surface area contributed by atoms with Crippen LogP contribution >= 0.6 is 0 Å². The number of aromatic nitrogens is 3.